The van der Waals surface area contributed by atoms with Crippen LogP contribution in [0.25, 0.3) is 0 Å². The number of carbonyl (C=O) groups is 1. The van der Waals surface area contributed by atoms with Crippen LogP contribution in [-0.4, -0.2) is 47.4 Å². The van der Waals surface area contributed by atoms with Gasteiger partial charge in [-0.05, 0) is 56.5 Å². The number of fused-ring (bicyclic) bond motifs is 1. The van der Waals surface area contributed by atoms with Crippen molar-refractivity contribution in [3.63, 3.8) is 0 Å². The van der Waals surface area contributed by atoms with Crippen molar-refractivity contribution >= 4 is 17.2 Å². The number of amides is 1. The van der Waals surface area contributed by atoms with Gasteiger partial charge in [-0.3, -0.25) is 9.69 Å². The first-order chi connectivity index (χ1) is 13.7. The lowest BCUT2D eigenvalue weighted by atomic mass is 9.98. The fraction of sp³-hybridized carbons (Fsp3) is 0.550. The first kappa shape index (κ1) is 17.9. The van der Waals surface area contributed by atoms with E-state index in [2.05, 4.69) is 20.4 Å². The maximum absolute atomic E-state index is 12.3. The van der Waals surface area contributed by atoms with Gasteiger partial charge >= 0.3 is 0 Å². The summed E-state index contributed by atoms with van der Waals surface area (Å²) < 4.78 is 10.7. The Morgan fingerprint density at radius 2 is 1.79 bits per heavy atom. The number of hydrogen-bond acceptors (Lipinski definition) is 7. The number of likely N-dealkylation sites (tertiary alicyclic amines) is 1. The van der Waals surface area contributed by atoms with Gasteiger partial charge in [-0.25, -0.2) is 0 Å². The molecule has 1 N–H and O–H groups in total. The molecule has 8 heteroatoms. The summed E-state index contributed by atoms with van der Waals surface area (Å²) in [6, 6.07) is 5.76. The third-order valence-corrected chi connectivity index (χ3v) is 6.86. The van der Waals surface area contributed by atoms with Crippen LogP contribution in [-0.2, 0) is 11.3 Å². The molecule has 1 amide bonds. The number of ether oxygens (including phenoxy) is 2. The maximum Gasteiger partial charge on any atom is 0.234 e. The van der Waals surface area contributed by atoms with Crippen LogP contribution in [0.4, 0.5) is 0 Å². The second-order valence-electron chi connectivity index (χ2n) is 7.77. The molecule has 0 bridgehead atoms. The van der Waals surface area contributed by atoms with Gasteiger partial charge in [0.15, 0.2) is 11.5 Å². The highest BCUT2D eigenvalue weighted by Gasteiger charge is 2.30. The standard InChI is InChI=1S/C20H24N4O3S/c25-18(21-10-13-1-4-16-17(9-13)27-12-26-16)11-24-7-5-15(6-8-24)20-23-22-19(28-20)14-2-3-14/h1,4,9,14-15H,2-3,5-8,10-12H2,(H,21,25). The number of nitrogens with one attached hydrogen (secondary N) is 1. The van der Waals surface area contributed by atoms with Crippen molar-refractivity contribution in [1.82, 2.24) is 20.4 Å². The molecule has 1 aliphatic carbocycles. The lowest BCUT2D eigenvalue weighted by Crippen LogP contribution is -2.41. The fourth-order valence-corrected chi connectivity index (χ4v) is 4.94. The summed E-state index contributed by atoms with van der Waals surface area (Å²) in [7, 11) is 0. The molecule has 1 aromatic carbocycles. The Kier molecular flexibility index (Phi) is 4.90. The molecule has 1 saturated heterocycles. The van der Waals surface area contributed by atoms with E-state index in [1.54, 1.807) is 11.3 Å². The second kappa shape index (κ2) is 7.67. The van der Waals surface area contributed by atoms with Gasteiger partial charge in [-0.15, -0.1) is 21.5 Å². The smallest absolute Gasteiger partial charge is 0.234 e. The number of piperidine rings is 1. The van der Waals surface area contributed by atoms with E-state index in [1.807, 2.05) is 18.2 Å². The quantitative estimate of drug-likeness (QED) is 0.803. The van der Waals surface area contributed by atoms with E-state index in [0.29, 0.717) is 24.9 Å². The van der Waals surface area contributed by atoms with Gasteiger partial charge < -0.3 is 14.8 Å². The Labute approximate surface area is 168 Å². The highest BCUT2D eigenvalue weighted by atomic mass is 32.1. The van der Waals surface area contributed by atoms with Gasteiger partial charge in [0.25, 0.3) is 0 Å². The summed E-state index contributed by atoms with van der Waals surface area (Å²) >= 11 is 1.80. The minimum atomic E-state index is 0.0584. The molecule has 2 aliphatic heterocycles. The highest BCUT2D eigenvalue weighted by Crippen LogP contribution is 2.43. The first-order valence-electron chi connectivity index (χ1n) is 9.95. The van der Waals surface area contributed by atoms with Crippen LogP contribution in [0.2, 0.25) is 0 Å². The SMILES string of the molecule is O=C(CN1CCC(c2nnc(C3CC3)s2)CC1)NCc1ccc2c(c1)OCO2. The molecule has 7 nitrogen and oxygen atoms in total. The lowest BCUT2D eigenvalue weighted by molar-refractivity contribution is -0.122. The number of carbonyl (C=O) groups excluding carboxylic acids is 1. The zero-order valence-corrected chi connectivity index (χ0v) is 16.5. The third kappa shape index (κ3) is 3.98. The van der Waals surface area contributed by atoms with E-state index >= 15 is 0 Å². The molecule has 2 aromatic rings. The molecule has 3 aliphatic rings. The van der Waals surface area contributed by atoms with Crippen LogP contribution < -0.4 is 14.8 Å². The summed E-state index contributed by atoms with van der Waals surface area (Å²) in [5.74, 6) is 2.74. The number of rotatable bonds is 6. The van der Waals surface area contributed by atoms with Gasteiger partial charge in [0.1, 0.15) is 10.0 Å². The van der Waals surface area contributed by atoms with Crippen molar-refractivity contribution in [3.8, 4) is 11.5 Å². The molecule has 3 heterocycles. The summed E-state index contributed by atoms with van der Waals surface area (Å²) in [5.41, 5.74) is 1.01. The Bertz CT molecular complexity index is 859. The molecular formula is C20H24N4O3S. The van der Waals surface area contributed by atoms with E-state index in [1.165, 1.54) is 22.9 Å². The average molecular weight is 401 g/mol. The van der Waals surface area contributed by atoms with Crippen LogP contribution in [0.15, 0.2) is 18.2 Å². The molecule has 28 heavy (non-hydrogen) atoms. The van der Waals surface area contributed by atoms with Crippen molar-refractivity contribution in [3.05, 3.63) is 33.8 Å². The Hall–Kier alpha value is -2.19. The molecule has 0 spiro atoms. The van der Waals surface area contributed by atoms with Crippen molar-refractivity contribution < 1.29 is 14.3 Å². The van der Waals surface area contributed by atoms with E-state index < -0.39 is 0 Å². The van der Waals surface area contributed by atoms with Crippen LogP contribution in [0.5, 0.6) is 11.5 Å². The number of nitrogens with zero attached hydrogens (tertiary/aromatic N) is 3. The van der Waals surface area contributed by atoms with Gasteiger partial charge in [0.05, 0.1) is 6.54 Å². The third-order valence-electron chi connectivity index (χ3n) is 5.61. The van der Waals surface area contributed by atoms with Crippen LogP contribution >= 0.6 is 11.3 Å². The van der Waals surface area contributed by atoms with Gasteiger partial charge in [-0.2, -0.15) is 0 Å². The van der Waals surface area contributed by atoms with Crippen molar-refractivity contribution in [1.29, 1.82) is 0 Å². The Morgan fingerprint density at radius 3 is 2.54 bits per heavy atom. The molecule has 1 saturated carbocycles. The predicted molar refractivity (Wildman–Crippen MR) is 105 cm³/mol. The van der Waals surface area contributed by atoms with E-state index in [-0.39, 0.29) is 12.7 Å². The normalized spacial score (nSPS) is 19.7. The highest BCUT2D eigenvalue weighted by molar-refractivity contribution is 7.11. The van der Waals surface area contributed by atoms with Gasteiger partial charge in [-0.1, -0.05) is 6.07 Å². The lowest BCUT2D eigenvalue weighted by Gasteiger charge is -2.30. The van der Waals surface area contributed by atoms with Crippen molar-refractivity contribution in [2.24, 2.45) is 0 Å². The molecule has 1 aromatic heterocycles. The second-order valence-corrected chi connectivity index (χ2v) is 8.81. The topological polar surface area (TPSA) is 76.6 Å². The molecule has 0 radical (unpaired) electrons. The monoisotopic (exact) mass is 400 g/mol. The summed E-state index contributed by atoms with van der Waals surface area (Å²) in [5, 5.41) is 14.2. The first-order valence-corrected chi connectivity index (χ1v) is 10.8. The van der Waals surface area contributed by atoms with Crippen molar-refractivity contribution in [2.45, 2.75) is 44.1 Å². The molecule has 2 fully saturated rings. The van der Waals surface area contributed by atoms with Crippen LogP contribution in [0.3, 0.4) is 0 Å². The number of benzene rings is 1. The number of hydrogen-bond donors (Lipinski definition) is 1. The Morgan fingerprint density at radius 1 is 1.07 bits per heavy atom. The zero-order valence-electron chi connectivity index (χ0n) is 15.7. The molecule has 5 rings (SSSR count). The summed E-state index contributed by atoms with van der Waals surface area (Å²) in [4.78, 5) is 14.6. The number of aromatic nitrogens is 2. The van der Waals surface area contributed by atoms with E-state index in [0.717, 1.165) is 43.0 Å². The average Bonchev–Trinajstić information content (AvgIpc) is 3.26. The Balaban J connectivity index is 1.07. The summed E-state index contributed by atoms with van der Waals surface area (Å²) in [6.45, 7) is 3.07. The van der Waals surface area contributed by atoms with Crippen molar-refractivity contribution in [2.75, 3.05) is 26.4 Å². The zero-order chi connectivity index (χ0) is 18.9. The molecule has 0 atom stereocenters. The summed E-state index contributed by atoms with van der Waals surface area (Å²) in [6.07, 6.45) is 4.65. The molecule has 0 unspecified atom stereocenters. The fourth-order valence-electron chi connectivity index (χ4n) is 3.76. The minimum absolute atomic E-state index is 0.0584. The predicted octanol–water partition coefficient (Wildman–Crippen LogP) is 2.64. The van der Waals surface area contributed by atoms with E-state index in [4.69, 9.17) is 9.47 Å². The van der Waals surface area contributed by atoms with Gasteiger partial charge in [0, 0.05) is 18.4 Å². The van der Waals surface area contributed by atoms with Crippen LogP contribution in [0, 0.1) is 0 Å². The van der Waals surface area contributed by atoms with E-state index in [9.17, 15) is 4.79 Å². The minimum Gasteiger partial charge on any atom is -0.454 e. The molecular weight excluding hydrogens is 376 g/mol. The maximum atomic E-state index is 12.3. The van der Waals surface area contributed by atoms with Gasteiger partial charge in [0.2, 0.25) is 12.7 Å². The van der Waals surface area contributed by atoms with Crippen LogP contribution in [0.1, 0.15) is 53.1 Å². The molecule has 148 valence electrons. The largest absolute Gasteiger partial charge is 0.454 e.